The van der Waals surface area contributed by atoms with Crippen LogP contribution >= 0.6 is 11.9 Å². The third-order valence-electron chi connectivity index (χ3n) is 0.775. The van der Waals surface area contributed by atoms with Crippen molar-refractivity contribution in [1.29, 1.82) is 0 Å². The first-order valence-corrected chi connectivity index (χ1v) is 5.50. The topological polar surface area (TPSA) is 72.2 Å². The Morgan fingerprint density at radius 3 is 2.60 bits per heavy atom. The number of nitrogens with one attached hydrogen (secondary N) is 1. The van der Waals surface area contributed by atoms with E-state index in [0.717, 1.165) is 30.5 Å². The largest absolute Gasteiger partial charge is 0.283 e. The summed E-state index contributed by atoms with van der Waals surface area (Å²) in [6.45, 7) is 2.04. The van der Waals surface area contributed by atoms with Crippen molar-refractivity contribution in [3.05, 3.63) is 0 Å². The van der Waals surface area contributed by atoms with Gasteiger partial charge in [-0.1, -0.05) is 25.3 Å². The van der Waals surface area contributed by atoms with E-state index in [-0.39, 0.29) is 0 Å². The highest BCUT2D eigenvalue weighted by Gasteiger charge is 1.98. The molecule has 0 aliphatic carbocycles. The maximum atomic E-state index is 10.2. The predicted octanol–water partition coefficient (Wildman–Crippen LogP) is 0.228. The maximum Gasteiger partial charge on any atom is 0.283 e. The Balaban J connectivity index is 3.21. The highest BCUT2D eigenvalue weighted by atomic mass is 32.3. The van der Waals surface area contributed by atoms with Crippen molar-refractivity contribution in [3.8, 4) is 0 Å². The number of hydrogen-bond acceptors (Lipinski definition) is 3. The highest BCUT2D eigenvalue weighted by Crippen LogP contribution is 1.99. The molecule has 0 rings (SSSR count). The fourth-order valence-electron chi connectivity index (χ4n) is 0.340. The van der Waals surface area contributed by atoms with Gasteiger partial charge >= 0.3 is 0 Å². The van der Waals surface area contributed by atoms with Crippen molar-refractivity contribution < 1.29 is 8.42 Å². The molecule has 10 heavy (non-hydrogen) atoms. The molecule has 0 atom stereocenters. The lowest BCUT2D eigenvalue weighted by Gasteiger charge is -1.98. The molecule has 0 bridgehead atoms. The Bertz CT molecular complexity index is 166. The Labute approximate surface area is 65.9 Å². The first kappa shape index (κ1) is 10.2. The van der Waals surface area contributed by atoms with E-state index >= 15 is 0 Å². The van der Waals surface area contributed by atoms with E-state index in [9.17, 15) is 8.42 Å². The van der Waals surface area contributed by atoms with Gasteiger partial charge < -0.3 is 0 Å². The first-order valence-electron chi connectivity index (χ1n) is 2.97. The molecule has 0 aromatic rings. The number of hydrogen-bond donors (Lipinski definition) is 2. The molecule has 0 saturated heterocycles. The normalized spacial score (nSPS) is 11.8. The monoisotopic (exact) mass is 184 g/mol. The standard InChI is InChI=1S/C4H12N2O2S2/c1-2-3-4-9-6-10(5,7)8/h6H,2-4H2,1H3,(H2,5,7,8). The van der Waals surface area contributed by atoms with Crippen LogP contribution in [0, 0.1) is 0 Å². The molecule has 3 N–H and O–H groups in total. The smallest absolute Gasteiger partial charge is 0.215 e. The van der Waals surface area contributed by atoms with Crippen LogP contribution in [0.15, 0.2) is 0 Å². The minimum atomic E-state index is -3.49. The van der Waals surface area contributed by atoms with Crippen LogP contribution in [-0.4, -0.2) is 14.2 Å². The molecule has 0 aromatic carbocycles. The van der Waals surface area contributed by atoms with Crippen LogP contribution in [0.2, 0.25) is 0 Å². The van der Waals surface area contributed by atoms with Gasteiger partial charge in [0, 0.05) is 5.75 Å². The molecule has 0 fully saturated rings. The number of nitrogens with two attached hydrogens (primary N) is 1. The molecule has 0 heterocycles. The third kappa shape index (κ3) is 8.22. The van der Waals surface area contributed by atoms with Crippen molar-refractivity contribution in [2.45, 2.75) is 19.8 Å². The Morgan fingerprint density at radius 1 is 1.60 bits per heavy atom. The molecule has 4 nitrogen and oxygen atoms in total. The zero-order chi connectivity index (χ0) is 8.04. The molecule has 62 valence electrons. The predicted molar refractivity (Wildman–Crippen MR) is 43.6 cm³/mol. The van der Waals surface area contributed by atoms with E-state index in [1.807, 2.05) is 6.92 Å². The maximum absolute atomic E-state index is 10.2. The molecular formula is C4H12N2O2S2. The lowest BCUT2D eigenvalue weighted by Crippen LogP contribution is -2.25. The number of rotatable bonds is 5. The van der Waals surface area contributed by atoms with Gasteiger partial charge in [-0.05, 0) is 6.42 Å². The summed E-state index contributed by atoms with van der Waals surface area (Å²) in [5, 5.41) is 4.66. The van der Waals surface area contributed by atoms with E-state index in [2.05, 4.69) is 9.27 Å². The molecule has 0 amide bonds. The van der Waals surface area contributed by atoms with Crippen LogP contribution in [0.3, 0.4) is 0 Å². The quantitative estimate of drug-likeness (QED) is 0.474. The van der Waals surface area contributed by atoms with E-state index in [1.165, 1.54) is 0 Å². The summed E-state index contributed by atoms with van der Waals surface area (Å²) in [4.78, 5) is 0. The zero-order valence-corrected chi connectivity index (χ0v) is 7.46. The molecule has 0 aliphatic heterocycles. The zero-order valence-electron chi connectivity index (χ0n) is 5.83. The van der Waals surface area contributed by atoms with Crippen molar-refractivity contribution in [3.63, 3.8) is 0 Å². The average Bonchev–Trinajstić information content (AvgIpc) is 1.78. The van der Waals surface area contributed by atoms with Gasteiger partial charge in [-0.25, -0.2) is 5.14 Å². The van der Waals surface area contributed by atoms with E-state index < -0.39 is 10.2 Å². The van der Waals surface area contributed by atoms with E-state index in [0.29, 0.717) is 0 Å². The summed E-state index contributed by atoms with van der Waals surface area (Å²) in [7, 11) is -3.49. The van der Waals surface area contributed by atoms with Crippen LogP contribution in [0.5, 0.6) is 0 Å². The summed E-state index contributed by atoms with van der Waals surface area (Å²) >= 11 is 1.12. The average molecular weight is 184 g/mol. The summed E-state index contributed by atoms with van der Waals surface area (Å²) in [5.41, 5.74) is 0. The second-order valence-corrected chi connectivity index (χ2v) is 4.28. The number of unbranched alkanes of at least 4 members (excludes halogenated alkanes) is 1. The minimum Gasteiger partial charge on any atom is -0.215 e. The van der Waals surface area contributed by atoms with Crippen LogP contribution in [0.25, 0.3) is 0 Å². The van der Waals surface area contributed by atoms with E-state index in [4.69, 9.17) is 0 Å². The Morgan fingerprint density at radius 2 is 2.20 bits per heavy atom. The molecule has 0 saturated carbocycles. The lowest BCUT2D eigenvalue weighted by atomic mass is 10.4. The molecule has 0 spiro atoms. The van der Waals surface area contributed by atoms with Crippen molar-refractivity contribution in [2.24, 2.45) is 5.14 Å². The van der Waals surface area contributed by atoms with Crippen LogP contribution in [-0.2, 0) is 10.2 Å². The molecule has 6 heteroatoms. The molecule has 0 radical (unpaired) electrons. The summed E-state index contributed by atoms with van der Waals surface area (Å²) < 4.78 is 22.6. The lowest BCUT2D eigenvalue weighted by molar-refractivity contribution is 0.596. The molecule has 0 aromatic heterocycles. The van der Waals surface area contributed by atoms with Gasteiger partial charge in [-0.2, -0.15) is 8.42 Å². The van der Waals surface area contributed by atoms with Gasteiger partial charge in [0.05, 0.1) is 0 Å². The second kappa shape index (κ2) is 4.95. The summed E-state index contributed by atoms with van der Waals surface area (Å²) in [6, 6.07) is 0. The fourth-order valence-corrected chi connectivity index (χ4v) is 1.76. The van der Waals surface area contributed by atoms with Crippen molar-refractivity contribution in [2.75, 3.05) is 5.75 Å². The minimum absolute atomic E-state index is 0.771. The van der Waals surface area contributed by atoms with Gasteiger partial charge in [-0.15, -0.1) is 4.13 Å². The summed E-state index contributed by atoms with van der Waals surface area (Å²) in [5.74, 6) is 0.771. The van der Waals surface area contributed by atoms with Crippen LogP contribution < -0.4 is 9.27 Å². The second-order valence-electron chi connectivity index (χ2n) is 1.83. The van der Waals surface area contributed by atoms with Crippen LogP contribution in [0.4, 0.5) is 0 Å². The van der Waals surface area contributed by atoms with Crippen molar-refractivity contribution in [1.82, 2.24) is 4.13 Å². The first-order chi connectivity index (χ1) is 4.56. The van der Waals surface area contributed by atoms with Gasteiger partial charge in [0.2, 0.25) is 0 Å². The van der Waals surface area contributed by atoms with Gasteiger partial charge in [0.15, 0.2) is 0 Å². The van der Waals surface area contributed by atoms with Crippen molar-refractivity contribution >= 4 is 22.2 Å². The van der Waals surface area contributed by atoms with E-state index in [1.54, 1.807) is 0 Å². The highest BCUT2D eigenvalue weighted by molar-refractivity contribution is 8.08. The third-order valence-corrected chi connectivity index (χ3v) is 2.67. The summed E-state index contributed by atoms with van der Waals surface area (Å²) in [6.07, 6.45) is 2.05. The fraction of sp³-hybridized carbons (Fsp3) is 1.00. The SMILES string of the molecule is CCCCSNS(N)(=O)=O. The van der Waals surface area contributed by atoms with Crippen LogP contribution in [0.1, 0.15) is 19.8 Å². The Kier molecular flexibility index (Phi) is 5.06. The molecular weight excluding hydrogens is 172 g/mol. The van der Waals surface area contributed by atoms with Gasteiger partial charge in [-0.3, -0.25) is 0 Å². The molecule has 0 aliphatic rings. The molecule has 0 unspecified atom stereocenters. The van der Waals surface area contributed by atoms with Gasteiger partial charge in [0.25, 0.3) is 10.2 Å². The Hall–Kier alpha value is 0.220. The van der Waals surface area contributed by atoms with Gasteiger partial charge in [0.1, 0.15) is 0 Å².